The highest BCUT2D eigenvalue weighted by molar-refractivity contribution is 6.36. The monoisotopic (exact) mass is 394 g/mol. The molecule has 4 nitrogen and oxygen atoms in total. The Labute approximate surface area is 159 Å². The molecule has 0 bridgehead atoms. The van der Waals surface area contributed by atoms with Crippen LogP contribution in [0.3, 0.4) is 0 Å². The van der Waals surface area contributed by atoms with E-state index in [2.05, 4.69) is 10.3 Å². The van der Waals surface area contributed by atoms with Gasteiger partial charge in [-0.25, -0.2) is 4.98 Å². The Morgan fingerprint density at radius 3 is 2.48 bits per heavy atom. The Morgan fingerprint density at radius 2 is 1.76 bits per heavy atom. The summed E-state index contributed by atoms with van der Waals surface area (Å²) in [4.78, 5) is 16.3. The van der Waals surface area contributed by atoms with Gasteiger partial charge < -0.3 is 9.73 Å². The Morgan fingerprint density at radius 1 is 1.04 bits per heavy atom. The summed E-state index contributed by atoms with van der Waals surface area (Å²) in [5, 5.41) is 4.29. The van der Waals surface area contributed by atoms with Gasteiger partial charge in [0.05, 0.1) is 16.9 Å². The molecule has 7 heteroatoms. The van der Waals surface area contributed by atoms with Crippen molar-refractivity contribution in [1.82, 2.24) is 4.98 Å². The first-order chi connectivity index (χ1) is 12.0. The van der Waals surface area contributed by atoms with Gasteiger partial charge >= 0.3 is 0 Å². The van der Waals surface area contributed by atoms with Crippen LogP contribution in [0.2, 0.25) is 15.1 Å². The molecular formula is C18H13Cl3N2O2. The van der Waals surface area contributed by atoms with Crippen LogP contribution in [0.15, 0.2) is 53.1 Å². The summed E-state index contributed by atoms with van der Waals surface area (Å²) < 4.78 is 5.67. The summed E-state index contributed by atoms with van der Waals surface area (Å²) in [6.07, 6.45) is 2.23. The van der Waals surface area contributed by atoms with E-state index in [0.29, 0.717) is 38.8 Å². The lowest BCUT2D eigenvalue weighted by atomic mass is 10.2. The Bertz CT molecular complexity index is 892. The van der Waals surface area contributed by atoms with Gasteiger partial charge in [0.25, 0.3) is 0 Å². The highest BCUT2D eigenvalue weighted by Gasteiger charge is 2.10. The van der Waals surface area contributed by atoms with Crippen molar-refractivity contribution in [2.24, 2.45) is 0 Å². The van der Waals surface area contributed by atoms with E-state index in [-0.39, 0.29) is 12.3 Å². The number of hydrogen-bond donors (Lipinski definition) is 1. The number of aryl methyl sites for hydroxylation is 1. The largest absolute Gasteiger partial charge is 0.441 e. The number of aromatic nitrogens is 1. The molecule has 25 heavy (non-hydrogen) atoms. The van der Waals surface area contributed by atoms with E-state index in [1.165, 1.54) is 0 Å². The first-order valence-corrected chi connectivity index (χ1v) is 8.60. The third-order valence-corrected chi connectivity index (χ3v) is 4.25. The molecule has 1 amide bonds. The first-order valence-electron chi connectivity index (χ1n) is 7.47. The first kappa shape index (κ1) is 17.8. The van der Waals surface area contributed by atoms with Gasteiger partial charge in [0, 0.05) is 28.5 Å². The van der Waals surface area contributed by atoms with Crippen molar-refractivity contribution >= 4 is 46.4 Å². The molecule has 3 rings (SSSR count). The molecule has 1 N–H and O–H groups in total. The maximum Gasteiger partial charge on any atom is 0.224 e. The molecule has 0 radical (unpaired) electrons. The van der Waals surface area contributed by atoms with Crippen LogP contribution >= 0.6 is 34.8 Å². The smallest absolute Gasteiger partial charge is 0.224 e. The summed E-state index contributed by atoms with van der Waals surface area (Å²) in [5.74, 6) is 0.936. The van der Waals surface area contributed by atoms with Crippen LogP contribution in [0.5, 0.6) is 0 Å². The average molecular weight is 396 g/mol. The van der Waals surface area contributed by atoms with Crippen molar-refractivity contribution in [2.75, 3.05) is 5.32 Å². The molecule has 0 aliphatic carbocycles. The van der Waals surface area contributed by atoms with Gasteiger partial charge in [-0.1, -0.05) is 34.8 Å². The number of benzene rings is 2. The molecule has 0 aliphatic rings. The standard InChI is InChI=1S/C18H13Cl3N2O2/c19-12-3-1-11(2-4-12)16-10-22-18(25-16)8-7-17(24)23-15-6-5-13(20)9-14(15)21/h1-6,9-10H,7-8H2,(H,23,24). The molecule has 0 unspecified atom stereocenters. The van der Waals surface area contributed by atoms with Crippen LogP contribution in [-0.2, 0) is 11.2 Å². The molecule has 0 atom stereocenters. The van der Waals surface area contributed by atoms with E-state index in [9.17, 15) is 4.79 Å². The molecule has 1 aromatic heterocycles. The second-order valence-electron chi connectivity index (χ2n) is 5.30. The molecule has 3 aromatic rings. The molecule has 2 aromatic carbocycles. The lowest BCUT2D eigenvalue weighted by molar-refractivity contribution is -0.116. The maximum atomic E-state index is 12.1. The number of nitrogens with one attached hydrogen (secondary N) is 1. The number of carbonyl (C=O) groups is 1. The van der Waals surface area contributed by atoms with Gasteiger partial charge in [-0.15, -0.1) is 0 Å². The number of rotatable bonds is 5. The summed E-state index contributed by atoms with van der Waals surface area (Å²) in [6.45, 7) is 0. The van der Waals surface area contributed by atoms with Crippen molar-refractivity contribution in [3.63, 3.8) is 0 Å². The van der Waals surface area contributed by atoms with Crippen LogP contribution in [0.25, 0.3) is 11.3 Å². The molecule has 1 heterocycles. The molecule has 0 fully saturated rings. The number of oxazole rings is 1. The minimum absolute atomic E-state index is 0.185. The molecule has 0 aliphatic heterocycles. The third kappa shape index (κ3) is 4.75. The zero-order chi connectivity index (χ0) is 17.8. The summed E-state index contributed by atoms with van der Waals surface area (Å²) in [7, 11) is 0. The summed E-state index contributed by atoms with van der Waals surface area (Å²) in [6, 6.07) is 12.2. The maximum absolute atomic E-state index is 12.1. The van der Waals surface area contributed by atoms with Crippen molar-refractivity contribution in [3.8, 4) is 11.3 Å². The predicted octanol–water partition coefficient (Wildman–Crippen LogP) is 5.87. The van der Waals surface area contributed by atoms with E-state index in [1.54, 1.807) is 36.5 Å². The number of nitrogens with zero attached hydrogens (tertiary/aromatic N) is 1. The Kier molecular flexibility index (Phi) is 5.63. The zero-order valence-corrected chi connectivity index (χ0v) is 15.2. The number of carbonyl (C=O) groups excluding carboxylic acids is 1. The average Bonchev–Trinajstić information content (AvgIpc) is 3.05. The van der Waals surface area contributed by atoms with Gasteiger partial charge in [-0.05, 0) is 42.5 Å². The fraction of sp³-hybridized carbons (Fsp3) is 0.111. The van der Waals surface area contributed by atoms with Crippen LogP contribution in [-0.4, -0.2) is 10.9 Å². The fourth-order valence-electron chi connectivity index (χ4n) is 2.20. The van der Waals surface area contributed by atoms with Crippen molar-refractivity contribution in [2.45, 2.75) is 12.8 Å². The number of hydrogen-bond acceptors (Lipinski definition) is 3. The minimum Gasteiger partial charge on any atom is -0.441 e. The summed E-state index contributed by atoms with van der Waals surface area (Å²) in [5.41, 5.74) is 1.39. The number of halogens is 3. The molecule has 0 saturated carbocycles. The van der Waals surface area contributed by atoms with Gasteiger partial charge in [-0.2, -0.15) is 0 Å². The number of anilines is 1. The lowest BCUT2D eigenvalue weighted by Crippen LogP contribution is -2.12. The van der Waals surface area contributed by atoms with E-state index >= 15 is 0 Å². The van der Waals surface area contributed by atoms with E-state index < -0.39 is 0 Å². The van der Waals surface area contributed by atoms with E-state index in [1.807, 2.05) is 12.1 Å². The normalized spacial score (nSPS) is 10.7. The van der Waals surface area contributed by atoms with Gasteiger partial charge in [0.15, 0.2) is 11.7 Å². The van der Waals surface area contributed by atoms with Gasteiger partial charge in [-0.3, -0.25) is 4.79 Å². The highest BCUT2D eigenvalue weighted by atomic mass is 35.5. The Balaban J connectivity index is 1.58. The minimum atomic E-state index is -0.185. The van der Waals surface area contributed by atoms with Crippen molar-refractivity contribution < 1.29 is 9.21 Å². The lowest BCUT2D eigenvalue weighted by Gasteiger charge is -2.06. The highest BCUT2D eigenvalue weighted by Crippen LogP contribution is 2.26. The fourth-order valence-corrected chi connectivity index (χ4v) is 2.78. The van der Waals surface area contributed by atoms with Gasteiger partial charge in [0.1, 0.15) is 0 Å². The quantitative estimate of drug-likeness (QED) is 0.587. The third-order valence-electron chi connectivity index (χ3n) is 3.45. The molecular weight excluding hydrogens is 383 g/mol. The van der Waals surface area contributed by atoms with Gasteiger partial charge in [0.2, 0.25) is 5.91 Å². The topological polar surface area (TPSA) is 55.1 Å². The zero-order valence-electron chi connectivity index (χ0n) is 12.9. The van der Waals surface area contributed by atoms with Crippen LogP contribution in [0.4, 0.5) is 5.69 Å². The number of amides is 1. The van der Waals surface area contributed by atoms with Crippen LogP contribution in [0.1, 0.15) is 12.3 Å². The molecule has 128 valence electrons. The molecule has 0 spiro atoms. The van der Waals surface area contributed by atoms with E-state index in [4.69, 9.17) is 39.2 Å². The van der Waals surface area contributed by atoms with E-state index in [0.717, 1.165) is 5.56 Å². The summed E-state index contributed by atoms with van der Waals surface area (Å²) >= 11 is 17.7. The second kappa shape index (κ2) is 7.91. The molecule has 0 saturated heterocycles. The SMILES string of the molecule is O=C(CCc1ncc(-c2ccc(Cl)cc2)o1)Nc1ccc(Cl)cc1Cl. The Hall–Kier alpha value is -2.01. The van der Waals surface area contributed by atoms with Crippen LogP contribution in [0, 0.1) is 0 Å². The van der Waals surface area contributed by atoms with Crippen molar-refractivity contribution in [1.29, 1.82) is 0 Å². The van der Waals surface area contributed by atoms with Crippen LogP contribution < -0.4 is 5.32 Å². The van der Waals surface area contributed by atoms with Crippen molar-refractivity contribution in [3.05, 3.63) is 69.6 Å². The second-order valence-corrected chi connectivity index (χ2v) is 6.58. The predicted molar refractivity (Wildman–Crippen MR) is 100 cm³/mol.